The van der Waals surface area contributed by atoms with Crippen molar-refractivity contribution in [1.82, 2.24) is 35.1 Å². The third-order valence-corrected chi connectivity index (χ3v) is 7.05. The molecule has 5 rings (SSSR count). The zero-order chi connectivity index (χ0) is 27.8. The van der Waals surface area contributed by atoms with E-state index in [9.17, 15) is 9.59 Å². The van der Waals surface area contributed by atoms with Gasteiger partial charge in [-0.3, -0.25) is 9.59 Å². The fourth-order valence-corrected chi connectivity index (χ4v) is 4.79. The molecule has 0 aliphatic heterocycles. The van der Waals surface area contributed by atoms with Gasteiger partial charge in [-0.1, -0.05) is 51.6 Å². The van der Waals surface area contributed by atoms with Gasteiger partial charge in [0.15, 0.2) is 5.82 Å². The van der Waals surface area contributed by atoms with Gasteiger partial charge in [-0.25, -0.2) is 14.3 Å². The number of fused-ring (bicyclic) bond motifs is 1. The molecule has 0 saturated heterocycles. The smallest absolute Gasteiger partial charge is 0.274 e. The molecule has 0 aliphatic rings. The second-order valence-electron chi connectivity index (χ2n) is 8.42. The number of anilines is 1. The Bertz CT molecular complexity index is 1760. The first kappa shape index (κ1) is 26.9. The van der Waals surface area contributed by atoms with Crippen LogP contribution in [0.4, 0.5) is 5.69 Å². The van der Waals surface area contributed by atoms with Gasteiger partial charge in [-0.2, -0.15) is 5.10 Å². The third kappa shape index (κ3) is 5.28. The summed E-state index contributed by atoms with van der Waals surface area (Å²) in [6.07, 6.45) is 1.54. The number of aromatic nitrogens is 6. The monoisotopic (exact) mass is 602 g/mol. The number of hydrogen-bond donors (Lipinski definition) is 2. The molecule has 39 heavy (non-hydrogen) atoms. The molecule has 0 spiro atoms. The Balaban J connectivity index is 1.58. The number of carbonyl (C=O) groups excluding carboxylic acids is 2. The number of benzene rings is 2. The summed E-state index contributed by atoms with van der Waals surface area (Å²) in [5.74, 6) is -0.716. The lowest BCUT2D eigenvalue weighted by atomic mass is 10.1. The maximum Gasteiger partial charge on any atom is 0.274 e. The van der Waals surface area contributed by atoms with Gasteiger partial charge < -0.3 is 10.6 Å². The van der Waals surface area contributed by atoms with Crippen molar-refractivity contribution in [1.29, 1.82) is 0 Å². The van der Waals surface area contributed by atoms with Crippen molar-refractivity contribution in [2.45, 2.75) is 13.5 Å². The van der Waals surface area contributed by atoms with Crippen LogP contribution in [0.2, 0.25) is 20.1 Å². The molecule has 0 radical (unpaired) electrons. The minimum atomic E-state index is -0.552. The molecule has 3 aromatic heterocycles. The Hall–Kier alpha value is -3.70. The number of nitrogens with one attached hydrogen (secondary N) is 2. The van der Waals surface area contributed by atoms with E-state index in [0.29, 0.717) is 43.0 Å². The maximum absolute atomic E-state index is 13.7. The highest BCUT2D eigenvalue weighted by Crippen LogP contribution is 2.29. The molecule has 0 atom stereocenters. The summed E-state index contributed by atoms with van der Waals surface area (Å²) < 4.78 is 2.92. The van der Waals surface area contributed by atoms with E-state index in [1.807, 2.05) is 0 Å². The Morgan fingerprint density at radius 1 is 0.974 bits per heavy atom. The Kier molecular flexibility index (Phi) is 7.46. The zero-order valence-electron chi connectivity index (χ0n) is 20.3. The average Bonchev–Trinajstić information content (AvgIpc) is 3.49. The van der Waals surface area contributed by atoms with E-state index in [0.717, 1.165) is 0 Å². The summed E-state index contributed by atoms with van der Waals surface area (Å²) in [4.78, 5) is 30.5. The molecule has 10 nitrogen and oxygen atoms in total. The molecule has 2 aromatic carbocycles. The van der Waals surface area contributed by atoms with Crippen molar-refractivity contribution in [3.8, 4) is 5.82 Å². The quantitative estimate of drug-likeness (QED) is 0.261. The predicted molar refractivity (Wildman–Crippen MR) is 151 cm³/mol. The van der Waals surface area contributed by atoms with Gasteiger partial charge in [0.1, 0.15) is 11.2 Å². The standard InChI is InChI=1S/C25H18Cl4N8O2/c1-12-6-13(26)7-15(24(38)30-2)22(12)32-25(39)21-8-14(34-37(21)23-16(27)4-3-5-31-23)11-36-20-10-18(29)17(28)9-19(20)33-35-36/h3-10H,11H2,1-2H3,(H,30,38)(H,32,39). The number of carbonyl (C=O) groups is 2. The molecule has 0 aliphatic carbocycles. The van der Waals surface area contributed by atoms with Crippen molar-refractivity contribution < 1.29 is 9.59 Å². The second-order valence-corrected chi connectivity index (χ2v) is 10.1. The van der Waals surface area contributed by atoms with Gasteiger partial charge in [-0.15, -0.1) is 5.10 Å². The van der Waals surface area contributed by atoms with E-state index < -0.39 is 11.8 Å². The Labute approximate surface area is 241 Å². The summed E-state index contributed by atoms with van der Waals surface area (Å²) in [6.45, 7) is 1.88. The molecule has 3 heterocycles. The molecule has 5 aromatic rings. The van der Waals surface area contributed by atoms with Crippen LogP contribution in [0.15, 0.2) is 48.7 Å². The van der Waals surface area contributed by atoms with Gasteiger partial charge >= 0.3 is 0 Å². The van der Waals surface area contributed by atoms with E-state index >= 15 is 0 Å². The summed E-state index contributed by atoms with van der Waals surface area (Å²) in [5, 5.41) is 19.6. The largest absolute Gasteiger partial charge is 0.355 e. The molecule has 198 valence electrons. The van der Waals surface area contributed by atoms with Crippen molar-refractivity contribution in [3.63, 3.8) is 0 Å². The van der Waals surface area contributed by atoms with Crippen molar-refractivity contribution in [2.75, 3.05) is 12.4 Å². The van der Waals surface area contributed by atoms with Crippen molar-refractivity contribution >= 4 is 74.9 Å². The molecule has 14 heteroatoms. The lowest BCUT2D eigenvalue weighted by Crippen LogP contribution is -2.23. The first-order valence-corrected chi connectivity index (χ1v) is 12.9. The first-order chi connectivity index (χ1) is 18.7. The van der Waals surface area contributed by atoms with Crippen molar-refractivity contribution in [2.24, 2.45) is 0 Å². The predicted octanol–water partition coefficient (Wildman–Crippen LogP) is 5.59. The van der Waals surface area contributed by atoms with E-state index in [2.05, 4.69) is 31.0 Å². The van der Waals surface area contributed by atoms with E-state index in [-0.39, 0.29) is 28.6 Å². The summed E-state index contributed by atoms with van der Waals surface area (Å²) in [6, 6.07) is 11.3. The van der Waals surface area contributed by atoms with Gasteiger partial charge in [0, 0.05) is 18.3 Å². The van der Waals surface area contributed by atoms with E-state index in [4.69, 9.17) is 46.4 Å². The minimum absolute atomic E-state index is 0.119. The van der Waals surface area contributed by atoms with Crippen LogP contribution < -0.4 is 10.6 Å². The van der Waals surface area contributed by atoms with Crippen LogP contribution >= 0.6 is 46.4 Å². The van der Waals surface area contributed by atoms with Crippen LogP contribution in [0.25, 0.3) is 16.9 Å². The number of halogens is 4. The van der Waals surface area contributed by atoms with Gasteiger partial charge in [0.2, 0.25) is 0 Å². The van der Waals surface area contributed by atoms with Crippen LogP contribution in [-0.4, -0.2) is 48.6 Å². The number of rotatable bonds is 6. The van der Waals surface area contributed by atoms with Gasteiger partial charge in [-0.05, 0) is 55.0 Å². The van der Waals surface area contributed by atoms with Crippen molar-refractivity contribution in [3.05, 3.63) is 91.3 Å². The number of pyridine rings is 1. The molecule has 0 saturated carbocycles. The lowest BCUT2D eigenvalue weighted by Gasteiger charge is -2.14. The number of hydrogen-bond acceptors (Lipinski definition) is 6. The third-order valence-electron chi connectivity index (χ3n) is 5.81. The number of aryl methyl sites for hydroxylation is 1. The summed E-state index contributed by atoms with van der Waals surface area (Å²) in [5.41, 5.74) is 2.87. The molecular weight excluding hydrogens is 586 g/mol. The topological polar surface area (TPSA) is 120 Å². The van der Waals surface area contributed by atoms with Crippen LogP contribution in [0.3, 0.4) is 0 Å². The first-order valence-electron chi connectivity index (χ1n) is 11.4. The number of nitrogens with zero attached hydrogens (tertiary/aromatic N) is 6. The summed E-state index contributed by atoms with van der Waals surface area (Å²) in [7, 11) is 1.49. The van der Waals surface area contributed by atoms with Gasteiger partial charge in [0.05, 0.1) is 44.1 Å². The Morgan fingerprint density at radius 3 is 2.49 bits per heavy atom. The fraction of sp³-hybridized carbons (Fsp3) is 0.120. The van der Waals surface area contributed by atoms with Crippen LogP contribution in [0, 0.1) is 6.92 Å². The highest BCUT2D eigenvalue weighted by molar-refractivity contribution is 6.42. The maximum atomic E-state index is 13.7. The van der Waals surface area contributed by atoms with E-state index in [1.165, 1.54) is 24.0 Å². The van der Waals surface area contributed by atoms with Crippen LogP contribution in [-0.2, 0) is 6.54 Å². The highest BCUT2D eigenvalue weighted by Gasteiger charge is 2.23. The van der Waals surface area contributed by atoms with Crippen LogP contribution in [0.1, 0.15) is 32.1 Å². The van der Waals surface area contributed by atoms with Gasteiger partial charge in [0.25, 0.3) is 11.8 Å². The molecule has 0 fully saturated rings. The average molecular weight is 604 g/mol. The fourth-order valence-electron chi connectivity index (χ4n) is 4.00. The second kappa shape index (κ2) is 10.8. The molecule has 0 unspecified atom stereocenters. The molecule has 0 bridgehead atoms. The van der Waals surface area contributed by atoms with Crippen LogP contribution in [0.5, 0.6) is 0 Å². The highest BCUT2D eigenvalue weighted by atomic mass is 35.5. The number of amides is 2. The molecular formula is C25H18Cl4N8O2. The molecule has 2 N–H and O–H groups in total. The normalized spacial score (nSPS) is 11.1. The molecule has 2 amide bonds. The zero-order valence-corrected chi connectivity index (χ0v) is 23.4. The SMILES string of the molecule is CNC(=O)c1cc(Cl)cc(C)c1NC(=O)c1cc(Cn2nnc3cc(Cl)c(Cl)cc32)nn1-c1ncccc1Cl. The Morgan fingerprint density at radius 2 is 1.74 bits per heavy atom. The lowest BCUT2D eigenvalue weighted by molar-refractivity contribution is 0.0964. The van der Waals surface area contributed by atoms with E-state index in [1.54, 1.807) is 48.0 Å². The minimum Gasteiger partial charge on any atom is -0.355 e. The summed E-state index contributed by atoms with van der Waals surface area (Å²) >= 11 is 24.9.